The van der Waals surface area contributed by atoms with Crippen LogP contribution in [0.2, 0.25) is 0 Å². The molecule has 0 aromatic rings. The maximum absolute atomic E-state index is 13.9. The second kappa shape index (κ2) is 11.4. The topological polar surface area (TPSA) is 119 Å². The summed E-state index contributed by atoms with van der Waals surface area (Å²) in [5, 5.41) is -3.90. The second-order valence-corrected chi connectivity index (χ2v) is 9.18. The highest BCUT2D eigenvalue weighted by molar-refractivity contribution is 7.87. The minimum Gasteiger partial charge on any atom is -0.410 e. The van der Waals surface area contributed by atoms with Gasteiger partial charge in [-0.25, -0.2) is 4.79 Å². The number of halogens is 8. The van der Waals surface area contributed by atoms with Gasteiger partial charge in [-0.1, -0.05) is 25.8 Å². The van der Waals surface area contributed by atoms with E-state index in [1.54, 1.807) is 0 Å². The van der Waals surface area contributed by atoms with Crippen molar-refractivity contribution in [3.8, 4) is 0 Å². The molecule has 1 rings (SSSR count). The summed E-state index contributed by atoms with van der Waals surface area (Å²) in [7, 11) is -6.51. The number of carbonyl (C=O) groups is 2. The van der Waals surface area contributed by atoms with Gasteiger partial charge in [0.2, 0.25) is 5.83 Å². The normalized spacial score (nSPS) is 18.0. The van der Waals surface area contributed by atoms with E-state index in [9.17, 15) is 53.1 Å². The van der Waals surface area contributed by atoms with E-state index in [1.165, 1.54) is 0 Å². The second-order valence-electron chi connectivity index (χ2n) is 7.72. The largest absolute Gasteiger partial charge is 0.466 e. The van der Waals surface area contributed by atoms with Crippen molar-refractivity contribution in [1.29, 1.82) is 0 Å². The summed E-state index contributed by atoms with van der Waals surface area (Å²) in [4.78, 5) is 24.0. The van der Waals surface area contributed by atoms with E-state index >= 15 is 0 Å². The minimum atomic E-state index is -6.51. The molecule has 17 heteroatoms. The molecule has 1 atom stereocenters. The molecule has 1 unspecified atom stereocenters. The van der Waals surface area contributed by atoms with Crippen LogP contribution >= 0.6 is 0 Å². The van der Waals surface area contributed by atoms with Crippen molar-refractivity contribution in [2.75, 3.05) is 6.61 Å². The Morgan fingerprint density at radius 2 is 1.54 bits per heavy atom. The first kappa shape index (κ1) is 31.0. The van der Waals surface area contributed by atoms with Crippen molar-refractivity contribution < 1.29 is 67.2 Å². The fraction of sp³-hybridized carbons (Fsp3) is 0.778. The predicted octanol–water partition coefficient (Wildman–Crippen LogP) is 4.02. The zero-order chi connectivity index (χ0) is 27.3. The quantitative estimate of drug-likeness (QED) is 0.0943. The Kier molecular flexibility index (Phi) is 10.1. The van der Waals surface area contributed by atoms with Crippen LogP contribution < -0.4 is 5.32 Å². The maximum atomic E-state index is 13.9. The molecular weight excluding hydrogens is 526 g/mol. The molecule has 0 heterocycles. The van der Waals surface area contributed by atoms with Gasteiger partial charge in [0.1, 0.15) is 0 Å². The molecule has 0 radical (unpaired) electrons. The fourth-order valence-corrected chi connectivity index (χ4v) is 3.60. The molecule has 0 bridgehead atoms. The summed E-state index contributed by atoms with van der Waals surface area (Å²) in [6.45, 7) is 1.16. The molecule has 204 valence electrons. The van der Waals surface area contributed by atoms with Gasteiger partial charge >= 0.3 is 45.1 Å². The highest BCUT2D eigenvalue weighted by Crippen LogP contribution is 2.42. The molecule has 1 aliphatic rings. The first-order valence-electron chi connectivity index (χ1n) is 10.1. The monoisotopic (exact) mass is 549 g/mol. The van der Waals surface area contributed by atoms with Gasteiger partial charge in [-0.15, -0.1) is 0 Å². The van der Waals surface area contributed by atoms with E-state index in [0.29, 0.717) is 12.8 Å². The molecule has 1 saturated carbocycles. The van der Waals surface area contributed by atoms with Crippen LogP contribution in [0.25, 0.3) is 0 Å². The van der Waals surface area contributed by atoms with Gasteiger partial charge in [0.15, 0.2) is 0 Å². The summed E-state index contributed by atoms with van der Waals surface area (Å²) >= 11 is 0. The van der Waals surface area contributed by atoms with Crippen molar-refractivity contribution in [2.45, 2.75) is 80.5 Å². The number of hydrogen-bond acceptors (Lipinski definition) is 6. The average Bonchev–Trinajstić information content (AvgIpc) is 2.71. The number of esters is 1. The summed E-state index contributed by atoms with van der Waals surface area (Å²) in [6.07, 6.45) is -7.27. The lowest BCUT2D eigenvalue weighted by Crippen LogP contribution is -2.63. The van der Waals surface area contributed by atoms with E-state index < -0.39 is 82.9 Å². The third-order valence-electron chi connectivity index (χ3n) is 5.01. The molecule has 1 aliphatic carbocycles. The predicted molar refractivity (Wildman–Crippen MR) is 101 cm³/mol. The Morgan fingerprint density at radius 1 is 1.00 bits per heavy atom. The van der Waals surface area contributed by atoms with E-state index in [-0.39, 0.29) is 12.8 Å². The zero-order valence-electron chi connectivity index (χ0n) is 18.0. The first-order valence-corrected chi connectivity index (χ1v) is 11.5. The number of carbonyl (C=O) groups excluding carboxylic acids is 2. The van der Waals surface area contributed by atoms with Gasteiger partial charge in [-0.2, -0.15) is 43.5 Å². The van der Waals surface area contributed by atoms with E-state index in [2.05, 4.69) is 16.1 Å². The highest BCUT2D eigenvalue weighted by atomic mass is 32.2. The summed E-state index contributed by atoms with van der Waals surface area (Å²) in [5.74, 6) is -16.1. The third kappa shape index (κ3) is 7.49. The molecule has 8 nitrogen and oxygen atoms in total. The molecule has 0 aromatic heterocycles. The van der Waals surface area contributed by atoms with Crippen LogP contribution in [-0.4, -0.2) is 60.6 Å². The fourth-order valence-electron chi connectivity index (χ4n) is 3.12. The number of amides is 1. The zero-order valence-corrected chi connectivity index (χ0v) is 18.8. The Balaban J connectivity index is 3.02. The Bertz CT molecular complexity index is 888. The molecule has 2 N–H and O–H groups in total. The Hall–Kier alpha value is -2.01. The van der Waals surface area contributed by atoms with E-state index in [1.807, 2.05) is 5.32 Å². The SMILES string of the molecule is C=C(F)C(=O)OC(OCCCCC(F)(F)C(F)(F)S(=O)(=O)O)(C(=O)NC1CCCCC1)C(F)(F)F. The Morgan fingerprint density at radius 3 is 2.00 bits per heavy atom. The first-order chi connectivity index (χ1) is 15.8. The number of unbranched alkanes of at least 4 members (excludes halogenated alkanes) is 1. The summed E-state index contributed by atoms with van der Waals surface area (Å²) in [6, 6.07) is -0.768. The van der Waals surface area contributed by atoms with Gasteiger partial charge in [0, 0.05) is 12.5 Å². The van der Waals surface area contributed by atoms with Gasteiger partial charge in [0.25, 0.3) is 0 Å². The van der Waals surface area contributed by atoms with Crippen molar-refractivity contribution in [3.05, 3.63) is 12.4 Å². The lowest BCUT2D eigenvalue weighted by molar-refractivity contribution is -0.347. The standard InChI is InChI=1S/C18H23F8NO7S/c1-11(19)13(28)34-16(17(22,23)24,14(29)27-12-7-3-2-4-8-12)33-10-6-5-9-15(20,21)18(25,26)35(30,31)32/h12H,1-10H2,(H,27,29)(H,30,31,32). The van der Waals surface area contributed by atoms with Crippen LogP contribution in [0.15, 0.2) is 12.4 Å². The molecule has 0 aromatic carbocycles. The highest BCUT2D eigenvalue weighted by Gasteiger charge is 2.67. The van der Waals surface area contributed by atoms with Gasteiger partial charge in [-0.05, 0) is 25.7 Å². The minimum absolute atomic E-state index is 0.278. The van der Waals surface area contributed by atoms with Crippen LogP contribution in [0.5, 0.6) is 0 Å². The molecular formula is C18H23F8NO7S. The smallest absolute Gasteiger partial charge is 0.410 e. The number of ether oxygens (including phenoxy) is 2. The van der Waals surface area contributed by atoms with Crippen molar-refractivity contribution in [3.63, 3.8) is 0 Å². The number of nitrogens with one attached hydrogen (secondary N) is 1. The lowest BCUT2D eigenvalue weighted by atomic mass is 9.95. The Labute approximate surface area is 194 Å². The summed E-state index contributed by atoms with van der Waals surface area (Å²) in [5.41, 5.74) is 0. The molecule has 35 heavy (non-hydrogen) atoms. The van der Waals surface area contributed by atoms with E-state index in [0.717, 1.165) is 6.42 Å². The van der Waals surface area contributed by atoms with Gasteiger partial charge < -0.3 is 14.8 Å². The molecule has 0 saturated heterocycles. The van der Waals surface area contributed by atoms with Gasteiger partial charge in [0.05, 0.1) is 6.61 Å². The van der Waals surface area contributed by atoms with Crippen molar-refractivity contribution in [2.24, 2.45) is 0 Å². The average molecular weight is 549 g/mol. The number of hydrogen-bond donors (Lipinski definition) is 2. The summed E-state index contributed by atoms with van der Waals surface area (Å²) < 4.78 is 146. The van der Waals surface area contributed by atoms with Crippen LogP contribution in [0.4, 0.5) is 35.1 Å². The van der Waals surface area contributed by atoms with Crippen molar-refractivity contribution in [1.82, 2.24) is 5.32 Å². The maximum Gasteiger partial charge on any atom is 0.466 e. The third-order valence-corrected chi connectivity index (χ3v) is 5.96. The van der Waals surface area contributed by atoms with Crippen LogP contribution in [-0.2, 0) is 29.2 Å². The number of alkyl halides is 7. The molecule has 0 spiro atoms. The van der Waals surface area contributed by atoms with E-state index in [4.69, 9.17) is 4.55 Å². The molecule has 1 amide bonds. The van der Waals surface area contributed by atoms with Crippen LogP contribution in [0.3, 0.4) is 0 Å². The van der Waals surface area contributed by atoms with Crippen LogP contribution in [0.1, 0.15) is 51.4 Å². The van der Waals surface area contributed by atoms with Crippen LogP contribution in [0, 0.1) is 0 Å². The molecule has 0 aliphatic heterocycles. The van der Waals surface area contributed by atoms with Gasteiger partial charge in [-0.3, -0.25) is 9.35 Å². The molecule has 1 fully saturated rings. The number of rotatable bonds is 12. The van der Waals surface area contributed by atoms with Crippen molar-refractivity contribution >= 4 is 22.0 Å². The lowest BCUT2D eigenvalue weighted by Gasteiger charge is -2.35.